The number of hydrogen-bond donors (Lipinski definition) is 1. The molecule has 5 heteroatoms. The number of amides is 1. The van der Waals surface area contributed by atoms with Gasteiger partial charge in [0.1, 0.15) is 0 Å². The Kier molecular flexibility index (Phi) is 3.77. The molecule has 1 N–H and O–H groups in total. The molecule has 5 nitrogen and oxygen atoms in total. The minimum Gasteiger partial charge on any atom is -0.322 e. The number of nitrogens with one attached hydrogen (secondary N) is 1. The van der Waals surface area contributed by atoms with E-state index in [-0.39, 0.29) is 12.5 Å². The topological polar surface area (TPSA) is 72.2 Å². The molecule has 0 spiro atoms. The molecule has 1 aromatic carbocycles. The second-order valence-corrected chi connectivity index (χ2v) is 3.42. The smallest absolute Gasteiger partial charge is 0.250 e. The lowest BCUT2D eigenvalue weighted by Crippen LogP contribution is -2.11. The van der Waals surface area contributed by atoms with Crippen LogP contribution in [0.2, 0.25) is 0 Å². The van der Waals surface area contributed by atoms with Crippen molar-refractivity contribution in [1.29, 1.82) is 0 Å². The van der Waals surface area contributed by atoms with E-state index < -0.39 is 4.92 Å². The Bertz CT molecular complexity index is 423. The van der Waals surface area contributed by atoms with E-state index in [1.807, 2.05) is 0 Å². The van der Waals surface area contributed by atoms with Gasteiger partial charge in [0.15, 0.2) is 0 Å². The standard InChI is InChI=1S/C11H12N2O3/c1-8(2)11(14)12-10-5-3-9(4-6-10)7-13(15)16/h3-6H,1,7H2,2H3,(H,12,14). The Morgan fingerprint density at radius 3 is 2.44 bits per heavy atom. The first-order valence-corrected chi connectivity index (χ1v) is 4.66. The van der Waals surface area contributed by atoms with Gasteiger partial charge in [-0.3, -0.25) is 14.9 Å². The number of anilines is 1. The fourth-order valence-electron chi connectivity index (χ4n) is 1.08. The quantitative estimate of drug-likeness (QED) is 0.479. The van der Waals surface area contributed by atoms with E-state index in [0.717, 1.165) is 0 Å². The molecule has 0 heterocycles. The molecule has 0 bridgehead atoms. The fraction of sp³-hybridized carbons (Fsp3) is 0.182. The molecular weight excluding hydrogens is 208 g/mol. The number of nitrogens with zero attached hydrogens (tertiary/aromatic N) is 1. The third-order valence-electron chi connectivity index (χ3n) is 1.91. The second kappa shape index (κ2) is 5.06. The molecule has 0 fully saturated rings. The maximum absolute atomic E-state index is 11.3. The normalized spacial score (nSPS) is 9.56. The first kappa shape index (κ1) is 11.9. The molecule has 84 valence electrons. The summed E-state index contributed by atoms with van der Waals surface area (Å²) in [5.74, 6) is -0.262. The lowest BCUT2D eigenvalue weighted by molar-refractivity contribution is -0.496. The monoisotopic (exact) mass is 220 g/mol. The van der Waals surface area contributed by atoms with Crippen LogP contribution in [0.4, 0.5) is 5.69 Å². The van der Waals surface area contributed by atoms with E-state index in [9.17, 15) is 14.9 Å². The highest BCUT2D eigenvalue weighted by molar-refractivity contribution is 6.02. The number of carbonyl (C=O) groups is 1. The van der Waals surface area contributed by atoms with Crippen molar-refractivity contribution in [2.24, 2.45) is 0 Å². The van der Waals surface area contributed by atoms with Crippen LogP contribution in [0.25, 0.3) is 0 Å². The van der Waals surface area contributed by atoms with Crippen LogP contribution >= 0.6 is 0 Å². The average Bonchev–Trinajstić information content (AvgIpc) is 2.20. The zero-order valence-corrected chi connectivity index (χ0v) is 8.90. The van der Waals surface area contributed by atoms with Crippen molar-refractivity contribution in [2.45, 2.75) is 13.5 Å². The summed E-state index contributed by atoms with van der Waals surface area (Å²) in [7, 11) is 0. The molecule has 0 atom stereocenters. The van der Waals surface area contributed by atoms with Gasteiger partial charge < -0.3 is 5.32 Å². The van der Waals surface area contributed by atoms with Crippen LogP contribution in [0.3, 0.4) is 0 Å². The summed E-state index contributed by atoms with van der Waals surface area (Å²) in [4.78, 5) is 21.1. The Morgan fingerprint density at radius 1 is 1.44 bits per heavy atom. The molecule has 16 heavy (non-hydrogen) atoms. The highest BCUT2D eigenvalue weighted by atomic mass is 16.6. The summed E-state index contributed by atoms with van der Waals surface area (Å²) in [5.41, 5.74) is 1.60. The van der Waals surface area contributed by atoms with Crippen LogP contribution in [-0.2, 0) is 11.3 Å². The fourth-order valence-corrected chi connectivity index (χ4v) is 1.08. The molecule has 0 saturated carbocycles. The van der Waals surface area contributed by atoms with Gasteiger partial charge in [0.05, 0.1) is 0 Å². The molecule has 0 aromatic heterocycles. The second-order valence-electron chi connectivity index (χ2n) is 3.42. The first-order chi connectivity index (χ1) is 7.49. The Balaban J connectivity index is 2.68. The summed E-state index contributed by atoms with van der Waals surface area (Å²) in [6, 6.07) is 6.47. The van der Waals surface area contributed by atoms with Gasteiger partial charge in [-0.05, 0) is 19.1 Å². The van der Waals surface area contributed by atoms with E-state index in [1.165, 1.54) is 0 Å². The van der Waals surface area contributed by atoms with Gasteiger partial charge in [-0.15, -0.1) is 0 Å². The van der Waals surface area contributed by atoms with Crippen molar-refractivity contribution in [2.75, 3.05) is 5.32 Å². The maximum Gasteiger partial charge on any atom is 0.250 e. The first-order valence-electron chi connectivity index (χ1n) is 4.66. The van der Waals surface area contributed by atoms with E-state index in [1.54, 1.807) is 31.2 Å². The molecule has 1 amide bonds. The SMILES string of the molecule is C=C(C)C(=O)Nc1ccc(C[N+](=O)[O-])cc1. The third kappa shape index (κ3) is 3.53. The van der Waals surface area contributed by atoms with Crippen molar-refractivity contribution in [3.63, 3.8) is 0 Å². The summed E-state index contributed by atoms with van der Waals surface area (Å²) < 4.78 is 0. The lowest BCUT2D eigenvalue weighted by Gasteiger charge is -2.04. The predicted octanol–water partition coefficient (Wildman–Crippen LogP) is 1.98. The summed E-state index contributed by atoms with van der Waals surface area (Å²) in [6.45, 7) is 4.90. The van der Waals surface area contributed by atoms with Crippen molar-refractivity contribution in [1.82, 2.24) is 0 Å². The molecule has 0 radical (unpaired) electrons. The highest BCUT2D eigenvalue weighted by Crippen LogP contribution is 2.11. The molecule has 0 saturated heterocycles. The highest BCUT2D eigenvalue weighted by Gasteiger charge is 2.04. The molecule has 1 rings (SSSR count). The van der Waals surface area contributed by atoms with Gasteiger partial charge in [0.2, 0.25) is 6.54 Å². The van der Waals surface area contributed by atoms with Crippen LogP contribution in [0.1, 0.15) is 12.5 Å². The summed E-state index contributed by atoms with van der Waals surface area (Å²) in [6.07, 6.45) is 0. The van der Waals surface area contributed by atoms with E-state index in [4.69, 9.17) is 0 Å². The van der Waals surface area contributed by atoms with Gasteiger partial charge in [0, 0.05) is 21.7 Å². The molecule has 0 aliphatic heterocycles. The number of rotatable bonds is 4. The van der Waals surface area contributed by atoms with Gasteiger partial charge in [0.25, 0.3) is 5.91 Å². The predicted molar refractivity (Wildman–Crippen MR) is 60.6 cm³/mol. The van der Waals surface area contributed by atoms with Crippen molar-refractivity contribution in [3.05, 3.63) is 52.1 Å². The van der Waals surface area contributed by atoms with Crippen LogP contribution < -0.4 is 5.32 Å². The van der Waals surface area contributed by atoms with Crippen molar-refractivity contribution in [3.8, 4) is 0 Å². The Labute approximate surface area is 92.9 Å². The number of nitro groups is 1. The van der Waals surface area contributed by atoms with E-state index >= 15 is 0 Å². The molecule has 0 aliphatic rings. The summed E-state index contributed by atoms with van der Waals surface area (Å²) >= 11 is 0. The molecule has 0 unspecified atom stereocenters. The van der Waals surface area contributed by atoms with Crippen LogP contribution in [0.15, 0.2) is 36.4 Å². The van der Waals surface area contributed by atoms with Crippen LogP contribution in [0, 0.1) is 10.1 Å². The minimum atomic E-state index is -0.401. The zero-order valence-electron chi connectivity index (χ0n) is 8.90. The molecular formula is C11H12N2O3. The van der Waals surface area contributed by atoms with Crippen LogP contribution in [0.5, 0.6) is 0 Å². The maximum atomic E-state index is 11.3. The molecule has 1 aromatic rings. The average molecular weight is 220 g/mol. The van der Waals surface area contributed by atoms with Gasteiger partial charge >= 0.3 is 0 Å². The van der Waals surface area contributed by atoms with Gasteiger partial charge in [-0.2, -0.15) is 0 Å². The molecule has 0 aliphatic carbocycles. The van der Waals surface area contributed by atoms with Gasteiger partial charge in [-0.1, -0.05) is 18.7 Å². The van der Waals surface area contributed by atoms with Crippen molar-refractivity contribution >= 4 is 11.6 Å². The Morgan fingerprint density at radius 2 is 2.00 bits per heavy atom. The third-order valence-corrected chi connectivity index (χ3v) is 1.91. The van der Waals surface area contributed by atoms with Crippen LogP contribution in [-0.4, -0.2) is 10.8 Å². The number of carbonyl (C=O) groups excluding carboxylic acids is 1. The number of benzene rings is 1. The van der Waals surface area contributed by atoms with Crippen molar-refractivity contribution < 1.29 is 9.72 Å². The Hall–Kier alpha value is -2.17. The number of hydrogen-bond acceptors (Lipinski definition) is 3. The van der Waals surface area contributed by atoms with E-state index in [2.05, 4.69) is 11.9 Å². The van der Waals surface area contributed by atoms with Gasteiger partial charge in [-0.25, -0.2) is 0 Å². The van der Waals surface area contributed by atoms with E-state index in [0.29, 0.717) is 16.8 Å². The minimum absolute atomic E-state index is 0.214. The summed E-state index contributed by atoms with van der Waals surface area (Å²) in [5, 5.41) is 12.9. The largest absolute Gasteiger partial charge is 0.322 e. The zero-order chi connectivity index (χ0) is 12.1. The lowest BCUT2D eigenvalue weighted by atomic mass is 10.2.